The molecular formula is C15H23N3. The largest absolute Gasteiger partial charge is 0.342 e. The Morgan fingerprint density at radius 2 is 2.17 bits per heavy atom. The van der Waals surface area contributed by atoms with Crippen molar-refractivity contribution < 1.29 is 0 Å². The van der Waals surface area contributed by atoms with Crippen LogP contribution >= 0.6 is 0 Å². The van der Waals surface area contributed by atoms with Crippen LogP contribution in [0.15, 0.2) is 18.2 Å². The highest BCUT2D eigenvalue weighted by atomic mass is 14.9. The molecule has 0 aliphatic rings. The molecule has 2 aromatic rings. The number of imidazole rings is 1. The predicted molar refractivity (Wildman–Crippen MR) is 76.5 cm³/mol. The van der Waals surface area contributed by atoms with Gasteiger partial charge in [0.25, 0.3) is 0 Å². The van der Waals surface area contributed by atoms with Crippen molar-refractivity contribution in [3.05, 3.63) is 29.6 Å². The molecule has 1 aromatic heterocycles. The zero-order chi connectivity index (χ0) is 13.0. The van der Waals surface area contributed by atoms with Crippen LogP contribution in [0.2, 0.25) is 0 Å². The molecule has 0 saturated heterocycles. The fraction of sp³-hybridized carbons (Fsp3) is 0.533. The zero-order valence-corrected chi connectivity index (χ0v) is 11.4. The highest BCUT2D eigenvalue weighted by Gasteiger charge is 2.14. The number of aromatic amines is 1. The second kappa shape index (κ2) is 6.01. The highest BCUT2D eigenvalue weighted by Crippen LogP contribution is 2.26. The number of H-pyrrole nitrogens is 1. The van der Waals surface area contributed by atoms with Gasteiger partial charge in [-0.25, -0.2) is 4.98 Å². The molecule has 0 bridgehead atoms. The van der Waals surface area contributed by atoms with Crippen LogP contribution in [0, 0.1) is 0 Å². The number of para-hydroxylation sites is 1. The Morgan fingerprint density at radius 1 is 1.33 bits per heavy atom. The molecular weight excluding hydrogens is 222 g/mol. The lowest BCUT2D eigenvalue weighted by Crippen LogP contribution is -2.00. The summed E-state index contributed by atoms with van der Waals surface area (Å²) in [6.45, 7) is 5.02. The van der Waals surface area contributed by atoms with E-state index in [9.17, 15) is 0 Å². The van der Waals surface area contributed by atoms with Crippen molar-refractivity contribution in [2.75, 3.05) is 0 Å². The SMILES string of the molecule is CCCCC(CC)c1nc2c(CN)cccc2[nH]1. The third-order valence-electron chi connectivity index (χ3n) is 3.62. The molecule has 3 heteroatoms. The van der Waals surface area contributed by atoms with Crippen LogP contribution in [-0.4, -0.2) is 9.97 Å². The van der Waals surface area contributed by atoms with Crippen molar-refractivity contribution in [2.45, 2.75) is 52.0 Å². The van der Waals surface area contributed by atoms with Gasteiger partial charge in [-0.3, -0.25) is 0 Å². The molecule has 1 heterocycles. The molecule has 0 spiro atoms. The van der Waals surface area contributed by atoms with Gasteiger partial charge in [-0.15, -0.1) is 0 Å². The number of benzene rings is 1. The Labute approximate surface area is 109 Å². The molecule has 3 N–H and O–H groups in total. The van der Waals surface area contributed by atoms with E-state index in [4.69, 9.17) is 10.7 Å². The Morgan fingerprint density at radius 3 is 2.83 bits per heavy atom. The molecule has 0 fully saturated rings. The monoisotopic (exact) mass is 245 g/mol. The van der Waals surface area contributed by atoms with Gasteiger partial charge in [0, 0.05) is 12.5 Å². The van der Waals surface area contributed by atoms with Crippen LogP contribution in [0.4, 0.5) is 0 Å². The van der Waals surface area contributed by atoms with Crippen molar-refractivity contribution in [3.63, 3.8) is 0 Å². The van der Waals surface area contributed by atoms with E-state index in [1.54, 1.807) is 0 Å². The molecule has 2 rings (SSSR count). The first-order valence-electron chi connectivity index (χ1n) is 6.97. The molecule has 18 heavy (non-hydrogen) atoms. The molecule has 0 saturated carbocycles. The quantitative estimate of drug-likeness (QED) is 0.815. The molecule has 0 radical (unpaired) electrons. The molecule has 0 aliphatic heterocycles. The Balaban J connectivity index is 2.33. The summed E-state index contributed by atoms with van der Waals surface area (Å²) in [5, 5.41) is 0. The van der Waals surface area contributed by atoms with E-state index in [1.165, 1.54) is 19.3 Å². The summed E-state index contributed by atoms with van der Waals surface area (Å²) in [7, 11) is 0. The van der Waals surface area contributed by atoms with E-state index in [0.717, 1.165) is 28.8 Å². The second-order valence-corrected chi connectivity index (χ2v) is 4.89. The first kappa shape index (κ1) is 13.1. The summed E-state index contributed by atoms with van der Waals surface area (Å²) >= 11 is 0. The van der Waals surface area contributed by atoms with Gasteiger partial charge in [0.2, 0.25) is 0 Å². The van der Waals surface area contributed by atoms with Crippen LogP contribution in [-0.2, 0) is 6.54 Å². The van der Waals surface area contributed by atoms with E-state index in [-0.39, 0.29) is 0 Å². The van der Waals surface area contributed by atoms with Crippen molar-refractivity contribution in [1.29, 1.82) is 0 Å². The number of nitrogens with two attached hydrogens (primary N) is 1. The summed E-state index contributed by atoms with van der Waals surface area (Å²) < 4.78 is 0. The van der Waals surface area contributed by atoms with Gasteiger partial charge in [-0.2, -0.15) is 0 Å². The fourth-order valence-corrected chi connectivity index (χ4v) is 2.45. The first-order valence-corrected chi connectivity index (χ1v) is 6.97. The Hall–Kier alpha value is -1.35. The predicted octanol–water partition coefficient (Wildman–Crippen LogP) is 3.71. The van der Waals surface area contributed by atoms with Crippen molar-refractivity contribution in [1.82, 2.24) is 9.97 Å². The van der Waals surface area contributed by atoms with Gasteiger partial charge >= 0.3 is 0 Å². The van der Waals surface area contributed by atoms with Gasteiger partial charge in [-0.05, 0) is 24.5 Å². The maximum absolute atomic E-state index is 5.76. The summed E-state index contributed by atoms with van der Waals surface area (Å²) in [5.41, 5.74) is 9.05. The van der Waals surface area contributed by atoms with Gasteiger partial charge in [0.05, 0.1) is 11.0 Å². The minimum atomic E-state index is 0.544. The lowest BCUT2D eigenvalue weighted by Gasteiger charge is -2.10. The molecule has 0 amide bonds. The van der Waals surface area contributed by atoms with Gasteiger partial charge in [0.1, 0.15) is 5.82 Å². The summed E-state index contributed by atoms with van der Waals surface area (Å²) in [5.74, 6) is 1.67. The lowest BCUT2D eigenvalue weighted by atomic mass is 9.99. The van der Waals surface area contributed by atoms with Crippen LogP contribution in [0.5, 0.6) is 0 Å². The van der Waals surface area contributed by atoms with Gasteiger partial charge < -0.3 is 10.7 Å². The maximum atomic E-state index is 5.76. The second-order valence-electron chi connectivity index (χ2n) is 4.89. The van der Waals surface area contributed by atoms with Crippen LogP contribution < -0.4 is 5.73 Å². The highest BCUT2D eigenvalue weighted by molar-refractivity contribution is 5.78. The number of hydrogen-bond acceptors (Lipinski definition) is 2. The van der Waals surface area contributed by atoms with E-state index in [2.05, 4.69) is 31.0 Å². The topological polar surface area (TPSA) is 54.7 Å². The molecule has 98 valence electrons. The van der Waals surface area contributed by atoms with Crippen LogP contribution in [0.1, 0.15) is 56.8 Å². The average molecular weight is 245 g/mol. The van der Waals surface area contributed by atoms with E-state index >= 15 is 0 Å². The fourth-order valence-electron chi connectivity index (χ4n) is 2.45. The number of unbranched alkanes of at least 4 members (excludes halogenated alkanes) is 1. The Kier molecular flexibility index (Phi) is 4.37. The number of fused-ring (bicyclic) bond motifs is 1. The number of hydrogen-bond donors (Lipinski definition) is 2. The molecule has 1 aromatic carbocycles. The van der Waals surface area contributed by atoms with E-state index in [0.29, 0.717) is 12.5 Å². The Bertz CT molecular complexity index is 501. The zero-order valence-electron chi connectivity index (χ0n) is 11.4. The number of rotatable bonds is 6. The van der Waals surface area contributed by atoms with Crippen LogP contribution in [0.3, 0.4) is 0 Å². The number of nitrogens with one attached hydrogen (secondary N) is 1. The van der Waals surface area contributed by atoms with Crippen molar-refractivity contribution in [3.8, 4) is 0 Å². The third-order valence-corrected chi connectivity index (χ3v) is 3.62. The molecule has 1 unspecified atom stereocenters. The number of aromatic nitrogens is 2. The molecule has 0 aliphatic carbocycles. The number of nitrogens with zero attached hydrogens (tertiary/aromatic N) is 1. The minimum absolute atomic E-state index is 0.544. The van der Waals surface area contributed by atoms with E-state index in [1.807, 2.05) is 6.07 Å². The molecule has 3 nitrogen and oxygen atoms in total. The average Bonchev–Trinajstić information content (AvgIpc) is 2.83. The summed E-state index contributed by atoms with van der Waals surface area (Å²) in [6.07, 6.45) is 4.85. The molecule has 1 atom stereocenters. The third kappa shape index (κ3) is 2.56. The van der Waals surface area contributed by atoms with Crippen molar-refractivity contribution in [2.24, 2.45) is 5.73 Å². The van der Waals surface area contributed by atoms with E-state index < -0.39 is 0 Å². The summed E-state index contributed by atoms with van der Waals surface area (Å²) in [4.78, 5) is 8.24. The van der Waals surface area contributed by atoms with Gasteiger partial charge in [0.15, 0.2) is 0 Å². The standard InChI is InChI=1S/C15H23N3/c1-3-5-7-11(4-2)15-17-13-9-6-8-12(10-16)14(13)18-15/h6,8-9,11H,3-5,7,10,16H2,1-2H3,(H,17,18). The normalized spacial score (nSPS) is 13.1. The van der Waals surface area contributed by atoms with Crippen LogP contribution in [0.25, 0.3) is 11.0 Å². The van der Waals surface area contributed by atoms with Gasteiger partial charge in [-0.1, -0.05) is 38.8 Å². The summed E-state index contributed by atoms with van der Waals surface area (Å²) in [6, 6.07) is 6.18. The minimum Gasteiger partial charge on any atom is -0.342 e. The lowest BCUT2D eigenvalue weighted by molar-refractivity contribution is 0.549. The first-order chi connectivity index (χ1) is 8.80. The maximum Gasteiger partial charge on any atom is 0.110 e. The van der Waals surface area contributed by atoms with Crippen molar-refractivity contribution >= 4 is 11.0 Å². The smallest absolute Gasteiger partial charge is 0.110 e.